The molecule has 0 amide bonds. The predicted octanol–water partition coefficient (Wildman–Crippen LogP) is 6.55. The Morgan fingerprint density at radius 1 is 1.13 bits per heavy atom. The third kappa shape index (κ3) is 3.05. The minimum absolute atomic E-state index is 0.350. The van der Waals surface area contributed by atoms with Crippen LogP contribution in [-0.2, 0) is 0 Å². The highest BCUT2D eigenvalue weighted by atomic mass is 79.9. The second-order valence-electron chi connectivity index (χ2n) is 6.02. The van der Waals surface area contributed by atoms with Crippen LogP contribution in [0.3, 0.4) is 0 Å². The Kier molecular flexibility index (Phi) is 4.82. The first-order valence-electron chi connectivity index (χ1n) is 8.13. The number of pyridine rings is 1. The summed E-state index contributed by atoms with van der Waals surface area (Å²) in [7, 11) is 0. The Morgan fingerprint density at radius 2 is 1.87 bits per heavy atom. The molecule has 0 saturated heterocycles. The van der Waals surface area contributed by atoms with Crippen LogP contribution in [0.2, 0.25) is 0 Å². The second-order valence-corrected chi connectivity index (χ2v) is 7.13. The molecular formula is C21H21BrN. The van der Waals surface area contributed by atoms with E-state index in [0.29, 0.717) is 4.83 Å². The number of alkyl halides is 1. The van der Waals surface area contributed by atoms with Gasteiger partial charge in [-0.2, -0.15) is 0 Å². The molecule has 1 unspecified atom stereocenters. The summed E-state index contributed by atoms with van der Waals surface area (Å²) in [5.74, 6) is 0. The van der Waals surface area contributed by atoms with Crippen molar-refractivity contribution in [3.63, 3.8) is 0 Å². The zero-order valence-corrected chi connectivity index (χ0v) is 15.4. The van der Waals surface area contributed by atoms with Crippen molar-refractivity contribution >= 4 is 26.7 Å². The smallest absolute Gasteiger partial charge is 0.0786 e. The fourth-order valence-corrected chi connectivity index (χ4v) is 4.00. The molecule has 3 rings (SSSR count). The third-order valence-corrected chi connectivity index (χ3v) is 5.30. The lowest BCUT2D eigenvalue weighted by molar-refractivity contribution is 0.790. The van der Waals surface area contributed by atoms with Crippen molar-refractivity contribution in [2.45, 2.75) is 38.4 Å². The fourth-order valence-electron chi connectivity index (χ4n) is 3.18. The predicted molar refractivity (Wildman–Crippen MR) is 102 cm³/mol. The number of aryl methyl sites for hydroxylation is 2. The van der Waals surface area contributed by atoms with Crippen molar-refractivity contribution in [3.8, 4) is 11.3 Å². The highest BCUT2D eigenvalue weighted by Crippen LogP contribution is 2.37. The number of nitrogens with zero attached hydrogens (tertiary/aromatic N) is 1. The maximum Gasteiger partial charge on any atom is 0.0786 e. The van der Waals surface area contributed by atoms with Crippen molar-refractivity contribution in [3.05, 3.63) is 65.4 Å². The molecule has 23 heavy (non-hydrogen) atoms. The van der Waals surface area contributed by atoms with Crippen LogP contribution < -0.4 is 0 Å². The zero-order valence-electron chi connectivity index (χ0n) is 13.9. The molecule has 0 aliphatic rings. The summed E-state index contributed by atoms with van der Waals surface area (Å²) in [4.78, 5) is 5.20. The number of aromatic nitrogens is 1. The Morgan fingerprint density at radius 3 is 2.57 bits per heavy atom. The van der Waals surface area contributed by atoms with Gasteiger partial charge >= 0.3 is 0 Å². The van der Waals surface area contributed by atoms with E-state index < -0.39 is 0 Å². The number of hydrogen-bond donors (Lipinski definition) is 0. The van der Waals surface area contributed by atoms with Gasteiger partial charge in [0.1, 0.15) is 0 Å². The van der Waals surface area contributed by atoms with E-state index in [2.05, 4.69) is 73.1 Å². The Bertz CT molecular complexity index is 818. The summed E-state index contributed by atoms with van der Waals surface area (Å²) in [6.07, 6.45) is 4.30. The van der Waals surface area contributed by atoms with Gasteiger partial charge in [-0.25, -0.2) is 0 Å². The van der Waals surface area contributed by atoms with Crippen LogP contribution in [0.1, 0.15) is 41.3 Å². The Balaban J connectivity index is 2.27. The second kappa shape index (κ2) is 6.84. The molecule has 2 aromatic carbocycles. The molecule has 1 radical (unpaired) electrons. The molecule has 3 aromatic rings. The van der Waals surface area contributed by atoms with Gasteiger partial charge in [0, 0.05) is 22.0 Å². The van der Waals surface area contributed by atoms with Crippen molar-refractivity contribution in [2.24, 2.45) is 0 Å². The van der Waals surface area contributed by atoms with E-state index in [1.165, 1.54) is 27.5 Å². The van der Waals surface area contributed by atoms with Gasteiger partial charge in [0.2, 0.25) is 0 Å². The molecule has 0 aliphatic heterocycles. The average molecular weight is 367 g/mol. The molecule has 0 aliphatic carbocycles. The van der Waals surface area contributed by atoms with E-state index in [0.717, 1.165) is 24.1 Å². The maximum atomic E-state index is 4.85. The Labute approximate surface area is 146 Å². The Hall–Kier alpha value is -1.67. The SMILES string of the molecule is CCCC(Br)c1cnc(-c2c(C)[c]ccc2C)c2ccccc12. The standard InChI is InChI=1S/C21H21BrN/c1-4-8-19(22)18-13-23-21(17-12-6-5-11-16(17)18)20-14(2)9-7-10-15(20)3/h5-7,9,11-13,19H,4,8H2,1-3H3. The molecule has 0 N–H and O–H groups in total. The first kappa shape index (κ1) is 16.2. The van der Waals surface area contributed by atoms with Crippen LogP contribution in [-0.4, -0.2) is 4.98 Å². The van der Waals surface area contributed by atoms with Crippen molar-refractivity contribution in [1.29, 1.82) is 0 Å². The van der Waals surface area contributed by atoms with E-state index in [9.17, 15) is 0 Å². The largest absolute Gasteiger partial charge is 0.255 e. The third-order valence-electron chi connectivity index (χ3n) is 4.34. The summed E-state index contributed by atoms with van der Waals surface area (Å²) in [5, 5.41) is 2.51. The summed E-state index contributed by atoms with van der Waals surface area (Å²) >= 11 is 3.83. The van der Waals surface area contributed by atoms with Gasteiger partial charge in [-0.15, -0.1) is 0 Å². The van der Waals surface area contributed by atoms with Gasteiger partial charge in [0.05, 0.1) is 5.69 Å². The normalized spacial score (nSPS) is 12.5. The summed E-state index contributed by atoms with van der Waals surface area (Å²) in [6, 6.07) is 16.0. The molecule has 117 valence electrons. The number of fused-ring (bicyclic) bond motifs is 1. The molecule has 0 spiro atoms. The molecular weight excluding hydrogens is 346 g/mol. The van der Waals surface area contributed by atoms with Crippen molar-refractivity contribution in [2.75, 3.05) is 0 Å². The van der Waals surface area contributed by atoms with Gasteiger partial charge in [-0.3, -0.25) is 4.98 Å². The van der Waals surface area contributed by atoms with E-state index in [-0.39, 0.29) is 0 Å². The minimum Gasteiger partial charge on any atom is -0.255 e. The quantitative estimate of drug-likeness (QED) is 0.476. The van der Waals surface area contributed by atoms with Crippen LogP contribution >= 0.6 is 15.9 Å². The molecule has 1 atom stereocenters. The first-order chi connectivity index (χ1) is 11.1. The van der Waals surface area contributed by atoms with Crippen molar-refractivity contribution < 1.29 is 0 Å². The lowest BCUT2D eigenvalue weighted by Crippen LogP contribution is -1.98. The molecule has 1 heterocycles. The van der Waals surface area contributed by atoms with Gasteiger partial charge in [0.25, 0.3) is 0 Å². The number of rotatable bonds is 4. The fraction of sp³-hybridized carbons (Fsp3) is 0.286. The highest BCUT2D eigenvalue weighted by Gasteiger charge is 2.16. The highest BCUT2D eigenvalue weighted by molar-refractivity contribution is 9.09. The van der Waals surface area contributed by atoms with Crippen LogP contribution in [0.25, 0.3) is 22.0 Å². The van der Waals surface area contributed by atoms with Gasteiger partial charge in [-0.1, -0.05) is 65.7 Å². The summed E-state index contributed by atoms with van der Waals surface area (Å²) < 4.78 is 0. The molecule has 1 nitrogen and oxygen atoms in total. The van der Waals surface area contributed by atoms with Gasteiger partial charge in [0.15, 0.2) is 0 Å². The van der Waals surface area contributed by atoms with Crippen LogP contribution in [0.15, 0.2) is 42.6 Å². The monoisotopic (exact) mass is 366 g/mol. The van der Waals surface area contributed by atoms with E-state index in [1.54, 1.807) is 0 Å². The average Bonchev–Trinajstić information content (AvgIpc) is 2.55. The number of hydrogen-bond acceptors (Lipinski definition) is 1. The maximum absolute atomic E-state index is 4.85. The molecule has 0 bridgehead atoms. The minimum atomic E-state index is 0.350. The lowest BCUT2D eigenvalue weighted by Gasteiger charge is -2.16. The molecule has 0 fully saturated rings. The van der Waals surface area contributed by atoms with E-state index in [1.807, 2.05) is 12.3 Å². The van der Waals surface area contributed by atoms with Gasteiger partial charge in [-0.05, 0) is 48.4 Å². The van der Waals surface area contributed by atoms with Crippen LogP contribution in [0.4, 0.5) is 0 Å². The molecule has 1 aromatic heterocycles. The van der Waals surface area contributed by atoms with Crippen molar-refractivity contribution in [1.82, 2.24) is 4.98 Å². The van der Waals surface area contributed by atoms with Crippen LogP contribution in [0.5, 0.6) is 0 Å². The molecule has 0 saturated carbocycles. The number of benzene rings is 2. The first-order valence-corrected chi connectivity index (χ1v) is 9.05. The van der Waals surface area contributed by atoms with E-state index in [4.69, 9.17) is 4.98 Å². The number of halogens is 1. The lowest BCUT2D eigenvalue weighted by atomic mass is 9.94. The topological polar surface area (TPSA) is 12.9 Å². The zero-order chi connectivity index (χ0) is 16.4. The molecule has 2 heteroatoms. The van der Waals surface area contributed by atoms with E-state index >= 15 is 0 Å². The summed E-state index contributed by atoms with van der Waals surface area (Å²) in [5.41, 5.74) is 5.95. The van der Waals surface area contributed by atoms with Crippen LogP contribution in [0, 0.1) is 19.9 Å². The van der Waals surface area contributed by atoms with Gasteiger partial charge < -0.3 is 0 Å². The summed E-state index contributed by atoms with van der Waals surface area (Å²) in [6.45, 7) is 6.47.